The summed E-state index contributed by atoms with van der Waals surface area (Å²) >= 11 is 0. The van der Waals surface area contributed by atoms with Crippen LogP contribution in [0, 0.1) is 0 Å². The average Bonchev–Trinajstić information content (AvgIpc) is 2.60. The molecule has 2 N–H and O–H groups in total. The molecule has 0 unspecified atom stereocenters. The van der Waals surface area contributed by atoms with Gasteiger partial charge in [-0.3, -0.25) is 10.1 Å². The number of hydrogen-bond donors (Lipinski definition) is 2. The highest BCUT2D eigenvalue weighted by atomic mass is 16.1. The van der Waals surface area contributed by atoms with Crippen LogP contribution >= 0.6 is 0 Å². The van der Waals surface area contributed by atoms with Crippen LogP contribution in [-0.4, -0.2) is 21.1 Å². The molecule has 0 aliphatic carbocycles. The minimum atomic E-state index is -0.0924. The molecule has 2 rings (SSSR count). The molecule has 0 spiro atoms. The van der Waals surface area contributed by atoms with Gasteiger partial charge >= 0.3 is 0 Å². The molecule has 0 radical (unpaired) electrons. The van der Waals surface area contributed by atoms with E-state index in [1.807, 2.05) is 17.7 Å². The van der Waals surface area contributed by atoms with Gasteiger partial charge in [0.15, 0.2) is 0 Å². The van der Waals surface area contributed by atoms with Crippen molar-refractivity contribution in [3.8, 4) is 0 Å². The largest absolute Gasteiger partial charge is 0.319 e. The van der Waals surface area contributed by atoms with E-state index in [2.05, 4.69) is 15.3 Å². The highest BCUT2D eigenvalue weighted by Crippen LogP contribution is 2.06. The molecule has 0 aliphatic rings. The highest BCUT2D eigenvalue weighted by Gasteiger charge is 2.03. The van der Waals surface area contributed by atoms with Crippen LogP contribution in [0.15, 0.2) is 23.4 Å². The van der Waals surface area contributed by atoms with E-state index in [4.69, 9.17) is 0 Å². The van der Waals surface area contributed by atoms with Crippen LogP contribution in [0.25, 0.3) is 11.0 Å². The maximum atomic E-state index is 11.3. The third-order valence-electron chi connectivity index (χ3n) is 2.09. The van der Waals surface area contributed by atoms with Crippen molar-refractivity contribution >= 4 is 11.0 Å². The Balaban J connectivity index is 2.47. The SMILES string of the molecule is CCNCn1ccc2c(=O)[nH]cnc21. The van der Waals surface area contributed by atoms with Crippen molar-refractivity contribution in [2.24, 2.45) is 0 Å². The maximum absolute atomic E-state index is 11.3. The van der Waals surface area contributed by atoms with Crippen molar-refractivity contribution in [3.05, 3.63) is 28.9 Å². The van der Waals surface area contributed by atoms with Crippen LogP contribution in [0.4, 0.5) is 0 Å². The van der Waals surface area contributed by atoms with Crippen LogP contribution in [0.5, 0.6) is 0 Å². The fourth-order valence-corrected chi connectivity index (χ4v) is 1.37. The van der Waals surface area contributed by atoms with Crippen molar-refractivity contribution < 1.29 is 0 Å². The van der Waals surface area contributed by atoms with Gasteiger partial charge in [-0.1, -0.05) is 6.92 Å². The minimum absolute atomic E-state index is 0.0924. The topological polar surface area (TPSA) is 62.7 Å². The second-order valence-electron chi connectivity index (χ2n) is 3.02. The predicted molar refractivity (Wildman–Crippen MR) is 54.0 cm³/mol. The quantitative estimate of drug-likeness (QED) is 0.734. The average molecular weight is 192 g/mol. The first kappa shape index (κ1) is 8.96. The van der Waals surface area contributed by atoms with Crippen molar-refractivity contribution in [2.75, 3.05) is 6.54 Å². The van der Waals surface area contributed by atoms with Crippen molar-refractivity contribution in [1.82, 2.24) is 19.9 Å². The molecule has 0 fully saturated rings. The Morgan fingerprint density at radius 3 is 3.29 bits per heavy atom. The number of aromatic nitrogens is 3. The van der Waals surface area contributed by atoms with Crippen molar-refractivity contribution in [3.63, 3.8) is 0 Å². The number of fused-ring (bicyclic) bond motifs is 1. The summed E-state index contributed by atoms with van der Waals surface area (Å²) in [4.78, 5) is 18.0. The monoisotopic (exact) mass is 192 g/mol. The first-order valence-electron chi connectivity index (χ1n) is 4.56. The normalized spacial score (nSPS) is 10.9. The van der Waals surface area contributed by atoms with Crippen LogP contribution < -0.4 is 10.9 Å². The number of nitrogens with zero attached hydrogens (tertiary/aromatic N) is 2. The zero-order chi connectivity index (χ0) is 9.97. The molecule has 2 heterocycles. The van der Waals surface area contributed by atoms with Gasteiger partial charge in [0.2, 0.25) is 0 Å². The first-order chi connectivity index (χ1) is 6.83. The van der Waals surface area contributed by atoms with E-state index < -0.39 is 0 Å². The number of hydrogen-bond acceptors (Lipinski definition) is 3. The Bertz CT molecular complexity index is 485. The van der Waals surface area contributed by atoms with Gasteiger partial charge in [0, 0.05) is 6.20 Å². The minimum Gasteiger partial charge on any atom is -0.319 e. The van der Waals surface area contributed by atoms with Gasteiger partial charge in [-0.05, 0) is 12.6 Å². The molecular weight excluding hydrogens is 180 g/mol. The van der Waals surface area contributed by atoms with Gasteiger partial charge < -0.3 is 9.55 Å². The Hall–Kier alpha value is -1.62. The zero-order valence-electron chi connectivity index (χ0n) is 7.95. The second-order valence-corrected chi connectivity index (χ2v) is 3.02. The molecule has 0 aromatic carbocycles. The molecule has 5 nitrogen and oxygen atoms in total. The van der Waals surface area contributed by atoms with E-state index in [9.17, 15) is 4.79 Å². The molecule has 0 atom stereocenters. The Morgan fingerprint density at radius 1 is 1.64 bits per heavy atom. The summed E-state index contributed by atoms with van der Waals surface area (Å²) in [5.41, 5.74) is 0.625. The number of nitrogens with one attached hydrogen (secondary N) is 2. The molecule has 0 bridgehead atoms. The molecule has 2 aromatic rings. The highest BCUT2D eigenvalue weighted by molar-refractivity contribution is 5.74. The predicted octanol–water partition coefficient (Wildman–Crippen LogP) is 0.292. The van der Waals surface area contributed by atoms with Gasteiger partial charge in [0.1, 0.15) is 5.65 Å². The van der Waals surface area contributed by atoms with E-state index in [-0.39, 0.29) is 5.56 Å². The van der Waals surface area contributed by atoms with Crippen molar-refractivity contribution in [2.45, 2.75) is 13.6 Å². The van der Waals surface area contributed by atoms with E-state index in [1.54, 1.807) is 6.07 Å². The van der Waals surface area contributed by atoms with E-state index >= 15 is 0 Å². The van der Waals surface area contributed by atoms with Crippen LogP contribution in [0.3, 0.4) is 0 Å². The summed E-state index contributed by atoms with van der Waals surface area (Å²) in [7, 11) is 0. The van der Waals surface area contributed by atoms with Crippen LogP contribution in [0.1, 0.15) is 6.92 Å². The summed E-state index contributed by atoms with van der Waals surface area (Å²) < 4.78 is 1.91. The molecule has 0 saturated carbocycles. The molecule has 74 valence electrons. The van der Waals surface area contributed by atoms with E-state index in [0.29, 0.717) is 12.1 Å². The lowest BCUT2D eigenvalue weighted by Crippen LogP contribution is -2.17. The molecular formula is C9H12N4O. The molecule has 2 aromatic heterocycles. The molecule has 5 heteroatoms. The second kappa shape index (κ2) is 3.63. The van der Waals surface area contributed by atoms with Crippen LogP contribution in [0.2, 0.25) is 0 Å². The number of aromatic amines is 1. The molecule has 0 aliphatic heterocycles. The Labute approximate surface area is 80.8 Å². The van der Waals surface area contributed by atoms with E-state index in [0.717, 1.165) is 12.2 Å². The van der Waals surface area contributed by atoms with Gasteiger partial charge in [0.25, 0.3) is 5.56 Å². The van der Waals surface area contributed by atoms with Gasteiger partial charge in [0.05, 0.1) is 18.4 Å². The standard InChI is InChI=1S/C9H12N4O/c1-2-10-6-13-4-3-7-8(13)11-5-12-9(7)14/h3-5,10H,2,6H2,1H3,(H,11,12,14). The summed E-state index contributed by atoms with van der Waals surface area (Å²) in [6.07, 6.45) is 3.28. The number of H-pyrrole nitrogens is 1. The smallest absolute Gasteiger partial charge is 0.260 e. The zero-order valence-corrected chi connectivity index (χ0v) is 7.95. The fraction of sp³-hybridized carbons (Fsp3) is 0.333. The summed E-state index contributed by atoms with van der Waals surface area (Å²) in [6.45, 7) is 3.60. The number of rotatable bonds is 3. The molecule has 0 amide bonds. The fourth-order valence-electron chi connectivity index (χ4n) is 1.37. The van der Waals surface area contributed by atoms with Gasteiger partial charge in [-0.2, -0.15) is 0 Å². The molecule has 0 saturated heterocycles. The lowest BCUT2D eigenvalue weighted by molar-refractivity contribution is 0.588. The maximum Gasteiger partial charge on any atom is 0.260 e. The van der Waals surface area contributed by atoms with Crippen molar-refractivity contribution in [1.29, 1.82) is 0 Å². The molecule has 14 heavy (non-hydrogen) atoms. The summed E-state index contributed by atoms with van der Waals surface area (Å²) in [5.74, 6) is 0. The van der Waals surface area contributed by atoms with Gasteiger partial charge in [-0.25, -0.2) is 4.98 Å². The lowest BCUT2D eigenvalue weighted by atomic mass is 10.4. The third-order valence-corrected chi connectivity index (χ3v) is 2.09. The van der Waals surface area contributed by atoms with E-state index in [1.165, 1.54) is 6.33 Å². The first-order valence-corrected chi connectivity index (χ1v) is 4.56. The third kappa shape index (κ3) is 1.42. The van der Waals surface area contributed by atoms with Gasteiger partial charge in [-0.15, -0.1) is 0 Å². The Morgan fingerprint density at radius 2 is 2.50 bits per heavy atom. The summed E-state index contributed by atoms with van der Waals surface area (Å²) in [6, 6.07) is 1.78. The lowest BCUT2D eigenvalue weighted by Gasteiger charge is -2.03. The Kier molecular flexibility index (Phi) is 2.32. The van der Waals surface area contributed by atoms with Crippen LogP contribution in [-0.2, 0) is 6.67 Å². The summed E-state index contributed by atoms with van der Waals surface area (Å²) in [5, 5.41) is 3.80.